The summed E-state index contributed by atoms with van der Waals surface area (Å²) in [5.41, 5.74) is 0.437. The highest BCUT2D eigenvalue weighted by molar-refractivity contribution is 7.09. The lowest BCUT2D eigenvalue weighted by molar-refractivity contribution is -0.150. The normalized spacial score (nSPS) is 20.1. The van der Waals surface area contributed by atoms with E-state index < -0.39 is 11.4 Å². The van der Waals surface area contributed by atoms with E-state index in [2.05, 4.69) is 4.98 Å². The Hall–Kier alpha value is -0.900. The molecule has 1 aliphatic carbocycles. The molecule has 2 rings (SSSR count). The fourth-order valence-corrected chi connectivity index (χ4v) is 3.74. The highest BCUT2D eigenvalue weighted by atomic mass is 32.1. The van der Waals surface area contributed by atoms with Crippen LogP contribution in [-0.2, 0) is 11.2 Å². The van der Waals surface area contributed by atoms with Crippen molar-refractivity contribution >= 4 is 17.3 Å². The third kappa shape index (κ3) is 3.10. The molecule has 0 amide bonds. The predicted molar refractivity (Wildman–Crippen MR) is 72.9 cm³/mol. The monoisotopic (exact) mass is 267 g/mol. The van der Waals surface area contributed by atoms with E-state index in [1.165, 1.54) is 19.3 Å². The lowest BCUT2D eigenvalue weighted by atomic mass is 9.74. The van der Waals surface area contributed by atoms with Gasteiger partial charge in [-0.15, -0.1) is 11.3 Å². The number of carboxylic acid groups (broad SMARTS) is 1. The summed E-state index contributed by atoms with van der Waals surface area (Å²) in [6.07, 6.45) is 7.90. The second-order valence-corrected chi connectivity index (χ2v) is 6.36. The zero-order valence-corrected chi connectivity index (χ0v) is 11.8. The van der Waals surface area contributed by atoms with Crippen LogP contribution in [0.5, 0.6) is 0 Å². The molecule has 1 heterocycles. The van der Waals surface area contributed by atoms with Crippen LogP contribution in [0.1, 0.15) is 55.6 Å². The van der Waals surface area contributed by atoms with E-state index in [-0.39, 0.29) is 0 Å². The minimum absolute atomic E-state index is 0.565. The molecule has 0 atom stereocenters. The molecule has 0 aliphatic heterocycles. The molecule has 0 radical (unpaired) electrons. The molecule has 1 aliphatic rings. The first kappa shape index (κ1) is 13.5. The van der Waals surface area contributed by atoms with Gasteiger partial charge in [-0.2, -0.15) is 0 Å². The quantitative estimate of drug-likeness (QED) is 0.906. The first-order valence-corrected chi connectivity index (χ1v) is 7.65. The number of thiazole rings is 1. The molecular formula is C14H21NO2S. The lowest BCUT2D eigenvalue weighted by Gasteiger charge is -2.30. The third-order valence-electron chi connectivity index (χ3n) is 3.92. The van der Waals surface area contributed by atoms with Crippen LogP contribution in [0.4, 0.5) is 0 Å². The molecule has 1 saturated carbocycles. The van der Waals surface area contributed by atoms with Gasteiger partial charge in [0.15, 0.2) is 0 Å². The van der Waals surface area contributed by atoms with E-state index >= 15 is 0 Å². The van der Waals surface area contributed by atoms with E-state index in [0.29, 0.717) is 6.42 Å². The average Bonchev–Trinajstić information content (AvgIpc) is 2.67. The van der Waals surface area contributed by atoms with Crippen LogP contribution in [0.25, 0.3) is 0 Å². The second kappa shape index (κ2) is 5.83. The van der Waals surface area contributed by atoms with Gasteiger partial charge in [-0.1, -0.05) is 32.1 Å². The van der Waals surface area contributed by atoms with Crippen molar-refractivity contribution in [1.29, 1.82) is 0 Å². The molecule has 3 nitrogen and oxygen atoms in total. The topological polar surface area (TPSA) is 50.2 Å². The molecule has 18 heavy (non-hydrogen) atoms. The fourth-order valence-electron chi connectivity index (χ4n) is 2.82. The average molecular weight is 267 g/mol. The highest BCUT2D eigenvalue weighted by Gasteiger charge is 2.38. The molecule has 1 aromatic rings. The van der Waals surface area contributed by atoms with Crippen LogP contribution in [0.3, 0.4) is 0 Å². The lowest BCUT2D eigenvalue weighted by Crippen LogP contribution is -2.34. The number of hydrogen-bond donors (Lipinski definition) is 1. The van der Waals surface area contributed by atoms with Crippen LogP contribution < -0.4 is 0 Å². The summed E-state index contributed by atoms with van der Waals surface area (Å²) in [7, 11) is 0. The number of aliphatic carboxylic acids is 1. The van der Waals surface area contributed by atoms with Gasteiger partial charge in [0.05, 0.1) is 10.4 Å². The third-order valence-corrected chi connectivity index (χ3v) is 4.89. The SMILES string of the molecule is Cc1csc(CC2(C(=O)O)CCCCCCC2)n1. The maximum Gasteiger partial charge on any atom is 0.310 e. The summed E-state index contributed by atoms with van der Waals surface area (Å²) >= 11 is 1.60. The number of carboxylic acids is 1. The van der Waals surface area contributed by atoms with Crippen molar-refractivity contribution in [2.45, 2.75) is 58.3 Å². The molecule has 4 heteroatoms. The standard InChI is InChI=1S/C14H21NO2S/c1-11-10-18-12(15-11)9-14(13(16)17)7-5-3-2-4-6-8-14/h10H,2-9H2,1H3,(H,16,17). The van der Waals surface area contributed by atoms with Gasteiger partial charge in [0.25, 0.3) is 0 Å². The van der Waals surface area contributed by atoms with Gasteiger partial charge in [0, 0.05) is 17.5 Å². The Bertz CT molecular complexity index is 406. The molecule has 1 aromatic heterocycles. The van der Waals surface area contributed by atoms with Gasteiger partial charge in [-0.25, -0.2) is 4.98 Å². The van der Waals surface area contributed by atoms with Crippen molar-refractivity contribution in [3.63, 3.8) is 0 Å². The molecule has 0 spiro atoms. The summed E-state index contributed by atoms with van der Waals surface area (Å²) in [5.74, 6) is -0.628. The van der Waals surface area contributed by atoms with Gasteiger partial charge in [-0.05, 0) is 19.8 Å². The number of aromatic nitrogens is 1. The van der Waals surface area contributed by atoms with Crippen LogP contribution in [0.2, 0.25) is 0 Å². The predicted octanol–water partition coefficient (Wildman–Crippen LogP) is 3.81. The van der Waals surface area contributed by atoms with Crippen LogP contribution in [0.15, 0.2) is 5.38 Å². The zero-order chi connectivity index (χ0) is 13.0. The largest absolute Gasteiger partial charge is 0.481 e. The summed E-state index contributed by atoms with van der Waals surface area (Å²) in [6.45, 7) is 1.96. The Labute approximate surface area is 112 Å². The maximum absolute atomic E-state index is 11.7. The minimum Gasteiger partial charge on any atom is -0.481 e. The Kier molecular flexibility index (Phi) is 4.38. The van der Waals surface area contributed by atoms with E-state index in [9.17, 15) is 9.90 Å². The Balaban J connectivity index is 2.16. The van der Waals surface area contributed by atoms with Crippen molar-refractivity contribution in [3.8, 4) is 0 Å². The smallest absolute Gasteiger partial charge is 0.310 e. The Morgan fingerprint density at radius 3 is 2.44 bits per heavy atom. The van der Waals surface area contributed by atoms with Crippen molar-refractivity contribution in [2.75, 3.05) is 0 Å². The first-order valence-electron chi connectivity index (χ1n) is 6.77. The number of rotatable bonds is 3. The van der Waals surface area contributed by atoms with Crippen molar-refractivity contribution in [2.24, 2.45) is 5.41 Å². The van der Waals surface area contributed by atoms with E-state index in [0.717, 1.165) is 36.4 Å². The molecule has 100 valence electrons. The maximum atomic E-state index is 11.7. The zero-order valence-electron chi connectivity index (χ0n) is 10.9. The van der Waals surface area contributed by atoms with E-state index in [1.54, 1.807) is 11.3 Å². The minimum atomic E-state index is -0.628. The van der Waals surface area contributed by atoms with E-state index in [1.807, 2.05) is 12.3 Å². The van der Waals surface area contributed by atoms with Crippen molar-refractivity contribution in [1.82, 2.24) is 4.98 Å². The fraction of sp³-hybridized carbons (Fsp3) is 0.714. The summed E-state index contributed by atoms with van der Waals surface area (Å²) in [6, 6.07) is 0. The molecule has 1 N–H and O–H groups in total. The van der Waals surface area contributed by atoms with Crippen LogP contribution >= 0.6 is 11.3 Å². The van der Waals surface area contributed by atoms with Crippen LogP contribution in [0, 0.1) is 12.3 Å². The molecule has 0 unspecified atom stereocenters. The van der Waals surface area contributed by atoms with E-state index in [4.69, 9.17) is 0 Å². The van der Waals surface area contributed by atoms with Gasteiger partial charge in [0.2, 0.25) is 0 Å². The number of nitrogens with zero attached hydrogens (tertiary/aromatic N) is 1. The number of carbonyl (C=O) groups is 1. The summed E-state index contributed by atoms with van der Waals surface area (Å²) in [4.78, 5) is 16.2. The number of hydrogen-bond acceptors (Lipinski definition) is 3. The summed E-state index contributed by atoms with van der Waals surface area (Å²) in [5, 5.41) is 12.6. The van der Waals surface area contributed by atoms with Gasteiger partial charge in [-0.3, -0.25) is 4.79 Å². The highest BCUT2D eigenvalue weighted by Crippen LogP contribution is 2.38. The Morgan fingerprint density at radius 1 is 1.33 bits per heavy atom. The van der Waals surface area contributed by atoms with Gasteiger partial charge >= 0.3 is 5.97 Å². The van der Waals surface area contributed by atoms with Crippen LogP contribution in [-0.4, -0.2) is 16.1 Å². The Morgan fingerprint density at radius 2 is 1.94 bits per heavy atom. The summed E-state index contributed by atoms with van der Waals surface area (Å²) < 4.78 is 0. The number of aryl methyl sites for hydroxylation is 1. The molecule has 0 aromatic carbocycles. The van der Waals surface area contributed by atoms with Crippen molar-refractivity contribution in [3.05, 3.63) is 16.1 Å². The van der Waals surface area contributed by atoms with Crippen molar-refractivity contribution < 1.29 is 9.90 Å². The van der Waals surface area contributed by atoms with Gasteiger partial charge < -0.3 is 5.11 Å². The second-order valence-electron chi connectivity index (χ2n) is 5.41. The molecule has 0 bridgehead atoms. The van der Waals surface area contributed by atoms with Gasteiger partial charge in [0.1, 0.15) is 0 Å². The first-order chi connectivity index (χ1) is 8.62. The molecular weight excluding hydrogens is 246 g/mol. The molecule has 0 saturated heterocycles. The molecule has 1 fully saturated rings.